The van der Waals surface area contributed by atoms with Crippen LogP contribution in [-0.4, -0.2) is 30.4 Å². The Morgan fingerprint density at radius 1 is 1.24 bits per heavy atom. The lowest BCUT2D eigenvalue weighted by atomic mass is 9.78. The fourth-order valence-electron chi connectivity index (χ4n) is 3.99. The fraction of sp³-hybridized carbons (Fsp3) is 0.588. The van der Waals surface area contributed by atoms with Crippen molar-refractivity contribution in [2.24, 2.45) is 5.92 Å². The van der Waals surface area contributed by atoms with Gasteiger partial charge in [-0.2, -0.15) is 0 Å². The van der Waals surface area contributed by atoms with Crippen molar-refractivity contribution < 1.29 is 9.18 Å². The lowest BCUT2D eigenvalue weighted by Crippen LogP contribution is -2.49. The number of anilines is 1. The molecule has 1 N–H and O–H groups in total. The summed E-state index contributed by atoms with van der Waals surface area (Å²) in [6.45, 7) is 0.805. The van der Waals surface area contributed by atoms with Crippen molar-refractivity contribution in [3.8, 4) is 0 Å². The van der Waals surface area contributed by atoms with Gasteiger partial charge in [-0.15, -0.1) is 0 Å². The maximum atomic E-state index is 13.9. The molecule has 1 aliphatic carbocycles. The molecule has 1 saturated carbocycles. The van der Waals surface area contributed by atoms with Crippen LogP contribution >= 0.6 is 0 Å². The largest absolute Gasteiger partial charge is 0.385 e. The van der Waals surface area contributed by atoms with Gasteiger partial charge >= 0.3 is 0 Å². The Morgan fingerprint density at radius 2 is 2.00 bits per heavy atom. The molecular formula is C17H23FN2O. The van der Waals surface area contributed by atoms with Crippen molar-refractivity contribution in [3.63, 3.8) is 0 Å². The Bertz CT molecular complexity index is 530. The van der Waals surface area contributed by atoms with E-state index in [0.717, 1.165) is 19.4 Å². The predicted molar refractivity (Wildman–Crippen MR) is 82.0 cm³/mol. The number of rotatable bonds is 2. The van der Waals surface area contributed by atoms with Crippen LogP contribution in [0.5, 0.6) is 0 Å². The minimum absolute atomic E-state index is 0.0181. The number of carbonyl (C=O) groups excluding carboxylic acids is 1. The normalized spacial score (nSPS) is 25.3. The summed E-state index contributed by atoms with van der Waals surface area (Å²) in [5.41, 5.74) is 0.782. The van der Waals surface area contributed by atoms with Crippen LogP contribution < -0.4 is 5.32 Å². The van der Waals surface area contributed by atoms with Gasteiger partial charge in [-0.25, -0.2) is 4.39 Å². The zero-order valence-corrected chi connectivity index (χ0v) is 12.6. The van der Waals surface area contributed by atoms with Gasteiger partial charge in [0.25, 0.3) is 5.91 Å². The summed E-state index contributed by atoms with van der Waals surface area (Å²) in [5, 5.41) is 2.83. The first-order valence-electron chi connectivity index (χ1n) is 7.99. The van der Waals surface area contributed by atoms with Gasteiger partial charge in [-0.3, -0.25) is 4.79 Å². The molecular weight excluding hydrogens is 267 g/mol. The summed E-state index contributed by atoms with van der Waals surface area (Å²) >= 11 is 0. The highest BCUT2D eigenvalue weighted by Crippen LogP contribution is 2.36. The van der Waals surface area contributed by atoms with E-state index in [9.17, 15) is 9.18 Å². The second kappa shape index (κ2) is 6.04. The summed E-state index contributed by atoms with van der Waals surface area (Å²) in [6, 6.07) is 5.09. The van der Waals surface area contributed by atoms with Crippen LogP contribution in [-0.2, 0) is 0 Å². The molecule has 0 radical (unpaired) electrons. The number of piperidine rings is 1. The molecule has 114 valence electrons. The SMILES string of the molecule is CNc1c(F)cccc1C(=O)N1CCC[C@H]2CCCC[C@H]21. The van der Waals surface area contributed by atoms with Gasteiger partial charge in [0.05, 0.1) is 11.3 Å². The number of nitrogens with one attached hydrogen (secondary N) is 1. The number of benzene rings is 1. The number of carbonyl (C=O) groups is 1. The molecule has 1 aliphatic heterocycles. The number of hydrogen-bond donors (Lipinski definition) is 1. The lowest BCUT2D eigenvalue weighted by Gasteiger charge is -2.44. The van der Waals surface area contributed by atoms with Crippen LogP contribution in [0.4, 0.5) is 10.1 Å². The molecule has 21 heavy (non-hydrogen) atoms. The topological polar surface area (TPSA) is 32.3 Å². The van der Waals surface area contributed by atoms with Gasteiger partial charge in [-0.05, 0) is 43.7 Å². The number of hydrogen-bond acceptors (Lipinski definition) is 2. The molecule has 1 amide bonds. The van der Waals surface area contributed by atoms with Crippen LogP contribution in [0, 0.1) is 11.7 Å². The minimum Gasteiger partial charge on any atom is -0.385 e. The molecule has 1 aromatic carbocycles. The molecule has 0 bridgehead atoms. The minimum atomic E-state index is -0.361. The van der Waals surface area contributed by atoms with Gasteiger partial charge in [-0.1, -0.05) is 18.9 Å². The van der Waals surface area contributed by atoms with E-state index < -0.39 is 0 Å². The first-order valence-corrected chi connectivity index (χ1v) is 7.99. The van der Waals surface area contributed by atoms with Crippen LogP contribution in [0.15, 0.2) is 18.2 Å². The summed E-state index contributed by atoms with van der Waals surface area (Å²) in [4.78, 5) is 14.9. The number of para-hydroxylation sites is 1. The van der Waals surface area contributed by atoms with E-state index in [2.05, 4.69) is 5.32 Å². The van der Waals surface area contributed by atoms with Gasteiger partial charge in [0, 0.05) is 19.6 Å². The second-order valence-corrected chi connectivity index (χ2v) is 6.17. The van der Waals surface area contributed by atoms with E-state index in [0.29, 0.717) is 23.2 Å². The zero-order valence-electron chi connectivity index (χ0n) is 12.6. The Hall–Kier alpha value is -1.58. The Balaban J connectivity index is 1.89. The van der Waals surface area contributed by atoms with E-state index >= 15 is 0 Å². The third-order valence-electron chi connectivity index (χ3n) is 5.00. The summed E-state index contributed by atoms with van der Waals surface area (Å²) in [6.07, 6.45) is 7.11. The molecule has 1 saturated heterocycles. The Kier molecular flexibility index (Phi) is 4.13. The quantitative estimate of drug-likeness (QED) is 0.901. The smallest absolute Gasteiger partial charge is 0.256 e. The zero-order chi connectivity index (χ0) is 14.8. The molecule has 3 nitrogen and oxygen atoms in total. The summed E-state index contributed by atoms with van der Waals surface area (Å²) < 4.78 is 13.9. The van der Waals surface area contributed by atoms with Crippen molar-refractivity contribution in [1.29, 1.82) is 0 Å². The van der Waals surface area contributed by atoms with E-state index in [-0.39, 0.29) is 11.7 Å². The van der Waals surface area contributed by atoms with E-state index in [1.54, 1.807) is 19.2 Å². The number of amides is 1. The highest BCUT2D eigenvalue weighted by molar-refractivity contribution is 6.00. The van der Waals surface area contributed by atoms with Crippen molar-refractivity contribution in [1.82, 2.24) is 4.90 Å². The van der Waals surface area contributed by atoms with Crippen molar-refractivity contribution in [3.05, 3.63) is 29.6 Å². The van der Waals surface area contributed by atoms with E-state index in [1.165, 1.54) is 31.7 Å². The molecule has 0 spiro atoms. The van der Waals surface area contributed by atoms with Gasteiger partial charge < -0.3 is 10.2 Å². The van der Waals surface area contributed by atoms with Crippen LogP contribution in [0.2, 0.25) is 0 Å². The predicted octanol–water partition coefficient (Wildman–Crippen LogP) is 3.66. The molecule has 2 atom stereocenters. The molecule has 2 fully saturated rings. The number of fused-ring (bicyclic) bond motifs is 1. The number of likely N-dealkylation sites (tertiary alicyclic amines) is 1. The fourth-order valence-corrected chi connectivity index (χ4v) is 3.99. The average molecular weight is 290 g/mol. The summed E-state index contributed by atoms with van der Waals surface area (Å²) in [5.74, 6) is 0.263. The first kappa shape index (κ1) is 14.4. The monoisotopic (exact) mass is 290 g/mol. The Morgan fingerprint density at radius 3 is 2.81 bits per heavy atom. The standard InChI is InChI=1S/C17H23FN2O/c1-19-16-13(8-4-9-14(16)18)17(21)20-11-5-7-12-6-2-3-10-15(12)20/h4,8-9,12,15,19H,2-3,5-7,10-11H2,1H3/t12-,15-/m1/s1. The van der Waals surface area contributed by atoms with Crippen molar-refractivity contribution in [2.75, 3.05) is 18.9 Å². The maximum Gasteiger partial charge on any atom is 0.256 e. The van der Waals surface area contributed by atoms with Crippen molar-refractivity contribution >= 4 is 11.6 Å². The lowest BCUT2D eigenvalue weighted by molar-refractivity contribution is 0.0391. The summed E-state index contributed by atoms with van der Waals surface area (Å²) in [7, 11) is 1.66. The molecule has 1 aromatic rings. The van der Waals surface area contributed by atoms with Gasteiger partial charge in [0.15, 0.2) is 0 Å². The molecule has 1 heterocycles. The van der Waals surface area contributed by atoms with Crippen molar-refractivity contribution in [2.45, 2.75) is 44.6 Å². The third-order valence-corrected chi connectivity index (χ3v) is 5.00. The first-order chi connectivity index (χ1) is 10.2. The van der Waals surface area contributed by atoms with E-state index in [4.69, 9.17) is 0 Å². The molecule has 2 aliphatic rings. The maximum absolute atomic E-state index is 13.9. The van der Waals surface area contributed by atoms with E-state index in [1.807, 2.05) is 4.90 Å². The molecule has 0 aromatic heterocycles. The molecule has 4 heteroatoms. The Labute approximate surface area is 125 Å². The van der Waals surface area contributed by atoms with Crippen LogP contribution in [0.25, 0.3) is 0 Å². The van der Waals surface area contributed by atoms with Crippen LogP contribution in [0.3, 0.4) is 0 Å². The second-order valence-electron chi connectivity index (χ2n) is 6.17. The molecule has 0 unspecified atom stereocenters. The van der Waals surface area contributed by atoms with Gasteiger partial charge in [0.2, 0.25) is 0 Å². The van der Waals surface area contributed by atoms with Gasteiger partial charge in [0.1, 0.15) is 5.82 Å². The highest BCUT2D eigenvalue weighted by Gasteiger charge is 2.36. The van der Waals surface area contributed by atoms with Crippen LogP contribution in [0.1, 0.15) is 48.9 Å². The number of halogens is 1. The molecule has 3 rings (SSSR count). The third kappa shape index (κ3) is 2.63. The highest BCUT2D eigenvalue weighted by atomic mass is 19.1. The average Bonchev–Trinajstić information content (AvgIpc) is 2.53. The number of nitrogens with zero attached hydrogens (tertiary/aromatic N) is 1.